The van der Waals surface area contributed by atoms with Gasteiger partial charge in [0.1, 0.15) is 29.4 Å². The molecule has 110 valence electrons. The normalized spacial score (nSPS) is 10.3. The quantitative estimate of drug-likeness (QED) is 0.791. The summed E-state index contributed by atoms with van der Waals surface area (Å²) in [5.41, 5.74) is 0.669. The second-order valence-electron chi connectivity index (χ2n) is 4.66. The SMILES string of the molecule is COc1cccc(CN(C)c2c(F)cc(C=O)cc2F)c1. The molecule has 0 aliphatic heterocycles. The molecule has 0 fully saturated rings. The zero-order valence-corrected chi connectivity index (χ0v) is 11.8. The first-order valence-electron chi connectivity index (χ1n) is 6.33. The van der Waals surface area contributed by atoms with E-state index in [1.165, 1.54) is 4.90 Å². The van der Waals surface area contributed by atoms with Crippen molar-refractivity contribution in [2.24, 2.45) is 0 Å². The van der Waals surface area contributed by atoms with E-state index in [2.05, 4.69) is 0 Å². The van der Waals surface area contributed by atoms with Crippen molar-refractivity contribution >= 4 is 12.0 Å². The Morgan fingerprint density at radius 3 is 2.43 bits per heavy atom. The summed E-state index contributed by atoms with van der Waals surface area (Å²) in [6.45, 7) is 0.311. The van der Waals surface area contributed by atoms with Crippen molar-refractivity contribution in [1.29, 1.82) is 0 Å². The summed E-state index contributed by atoms with van der Waals surface area (Å²) in [6.07, 6.45) is 0.415. The van der Waals surface area contributed by atoms with Gasteiger partial charge in [0.05, 0.1) is 7.11 Å². The Morgan fingerprint density at radius 1 is 1.19 bits per heavy atom. The number of ether oxygens (including phenoxy) is 1. The van der Waals surface area contributed by atoms with Crippen LogP contribution < -0.4 is 9.64 Å². The lowest BCUT2D eigenvalue weighted by molar-refractivity contribution is 0.112. The van der Waals surface area contributed by atoms with Crippen LogP contribution in [0.3, 0.4) is 0 Å². The number of hydrogen-bond acceptors (Lipinski definition) is 3. The van der Waals surface area contributed by atoms with E-state index in [-0.39, 0.29) is 11.3 Å². The number of aldehydes is 1. The van der Waals surface area contributed by atoms with Gasteiger partial charge in [-0.25, -0.2) is 8.78 Å². The molecule has 0 unspecified atom stereocenters. The molecule has 0 saturated heterocycles. The smallest absolute Gasteiger partial charge is 0.150 e. The molecule has 0 heterocycles. The van der Waals surface area contributed by atoms with Crippen LogP contribution in [0.15, 0.2) is 36.4 Å². The average molecular weight is 291 g/mol. The van der Waals surface area contributed by atoms with E-state index in [1.807, 2.05) is 12.1 Å². The molecule has 0 saturated carbocycles. The third-order valence-corrected chi connectivity index (χ3v) is 3.11. The van der Waals surface area contributed by atoms with E-state index in [9.17, 15) is 13.6 Å². The molecule has 3 nitrogen and oxygen atoms in total. The van der Waals surface area contributed by atoms with Crippen molar-refractivity contribution in [3.05, 3.63) is 59.2 Å². The summed E-state index contributed by atoms with van der Waals surface area (Å²) >= 11 is 0. The maximum atomic E-state index is 13.9. The highest BCUT2D eigenvalue weighted by molar-refractivity contribution is 5.76. The first kappa shape index (κ1) is 15.0. The molecule has 0 bridgehead atoms. The third-order valence-electron chi connectivity index (χ3n) is 3.11. The van der Waals surface area contributed by atoms with Crippen molar-refractivity contribution in [3.8, 4) is 5.75 Å². The minimum Gasteiger partial charge on any atom is -0.497 e. The largest absolute Gasteiger partial charge is 0.497 e. The molecule has 21 heavy (non-hydrogen) atoms. The lowest BCUT2D eigenvalue weighted by atomic mass is 10.1. The fraction of sp³-hybridized carbons (Fsp3) is 0.188. The Kier molecular flexibility index (Phi) is 4.52. The maximum absolute atomic E-state index is 13.9. The monoisotopic (exact) mass is 291 g/mol. The van der Waals surface area contributed by atoms with E-state index in [4.69, 9.17) is 4.74 Å². The van der Waals surface area contributed by atoms with Gasteiger partial charge in [-0.05, 0) is 29.8 Å². The van der Waals surface area contributed by atoms with Gasteiger partial charge in [-0.1, -0.05) is 12.1 Å². The van der Waals surface area contributed by atoms with Crippen LogP contribution in [0.1, 0.15) is 15.9 Å². The third kappa shape index (κ3) is 3.37. The van der Waals surface area contributed by atoms with Crippen LogP contribution in [0.25, 0.3) is 0 Å². The Morgan fingerprint density at radius 2 is 1.86 bits per heavy atom. The van der Waals surface area contributed by atoms with Gasteiger partial charge in [-0.2, -0.15) is 0 Å². The van der Waals surface area contributed by atoms with Crippen LogP contribution in [0.5, 0.6) is 5.75 Å². The molecule has 2 rings (SSSR count). The predicted octanol–water partition coefficient (Wildman–Crippen LogP) is 3.42. The highest BCUT2D eigenvalue weighted by atomic mass is 19.1. The number of rotatable bonds is 5. The van der Waals surface area contributed by atoms with Crippen LogP contribution >= 0.6 is 0 Å². The van der Waals surface area contributed by atoms with Crippen molar-refractivity contribution in [2.45, 2.75) is 6.54 Å². The zero-order chi connectivity index (χ0) is 15.4. The molecule has 2 aromatic carbocycles. The van der Waals surface area contributed by atoms with E-state index >= 15 is 0 Å². The second kappa shape index (κ2) is 6.35. The first-order valence-corrected chi connectivity index (χ1v) is 6.33. The molecule has 0 spiro atoms. The van der Waals surface area contributed by atoms with Gasteiger partial charge in [0.15, 0.2) is 0 Å². The molecular weight excluding hydrogens is 276 g/mol. The first-order chi connectivity index (χ1) is 10.0. The van der Waals surface area contributed by atoms with E-state index in [0.29, 0.717) is 18.6 Å². The molecule has 0 aliphatic carbocycles. The molecule has 2 aromatic rings. The maximum Gasteiger partial charge on any atom is 0.150 e. The fourth-order valence-corrected chi connectivity index (χ4v) is 2.14. The van der Waals surface area contributed by atoms with Gasteiger partial charge in [-0.3, -0.25) is 4.79 Å². The van der Waals surface area contributed by atoms with Crippen LogP contribution in [-0.4, -0.2) is 20.4 Å². The zero-order valence-electron chi connectivity index (χ0n) is 11.8. The van der Waals surface area contributed by atoms with Crippen molar-refractivity contribution < 1.29 is 18.3 Å². The molecule has 0 amide bonds. The van der Waals surface area contributed by atoms with E-state index in [0.717, 1.165) is 17.7 Å². The standard InChI is InChI=1S/C16H15F2NO2/c1-19(9-11-4-3-5-13(6-11)21-2)16-14(17)7-12(10-20)8-15(16)18/h3-8,10H,9H2,1-2H3. The Balaban J connectivity index is 2.27. The van der Waals surface area contributed by atoms with Crippen LogP contribution in [-0.2, 0) is 6.54 Å². The summed E-state index contributed by atoms with van der Waals surface area (Å²) in [5.74, 6) is -0.844. The molecule has 0 aromatic heterocycles. The lowest BCUT2D eigenvalue weighted by Crippen LogP contribution is -2.19. The van der Waals surface area contributed by atoms with Crippen molar-refractivity contribution in [1.82, 2.24) is 0 Å². The highest BCUT2D eigenvalue weighted by Crippen LogP contribution is 2.25. The summed E-state index contributed by atoms with van der Waals surface area (Å²) in [7, 11) is 3.14. The molecule has 0 radical (unpaired) electrons. The Bertz CT molecular complexity index is 635. The second-order valence-corrected chi connectivity index (χ2v) is 4.66. The number of anilines is 1. The van der Waals surface area contributed by atoms with Gasteiger partial charge in [0, 0.05) is 19.2 Å². The summed E-state index contributed by atoms with van der Waals surface area (Å²) in [5, 5.41) is 0. The minimum atomic E-state index is -0.762. The number of nitrogens with zero attached hydrogens (tertiary/aromatic N) is 1. The van der Waals surface area contributed by atoms with Crippen molar-refractivity contribution in [2.75, 3.05) is 19.1 Å². The molecule has 0 N–H and O–H groups in total. The van der Waals surface area contributed by atoms with Gasteiger partial charge in [-0.15, -0.1) is 0 Å². The number of halogens is 2. The van der Waals surface area contributed by atoms with E-state index < -0.39 is 11.6 Å². The fourth-order valence-electron chi connectivity index (χ4n) is 2.14. The number of carbonyl (C=O) groups excluding carboxylic acids is 1. The molecule has 5 heteroatoms. The van der Waals surface area contributed by atoms with E-state index in [1.54, 1.807) is 26.3 Å². The van der Waals surface area contributed by atoms with Crippen LogP contribution in [0.2, 0.25) is 0 Å². The van der Waals surface area contributed by atoms with Crippen LogP contribution in [0.4, 0.5) is 14.5 Å². The number of carbonyl (C=O) groups is 1. The lowest BCUT2D eigenvalue weighted by Gasteiger charge is -2.21. The number of methoxy groups -OCH3 is 1. The summed E-state index contributed by atoms with van der Waals surface area (Å²) in [4.78, 5) is 12.0. The molecule has 0 atom stereocenters. The number of benzene rings is 2. The number of hydrogen-bond donors (Lipinski definition) is 0. The van der Waals surface area contributed by atoms with Gasteiger partial charge in [0.25, 0.3) is 0 Å². The summed E-state index contributed by atoms with van der Waals surface area (Å²) < 4.78 is 33.0. The van der Waals surface area contributed by atoms with Crippen molar-refractivity contribution in [3.63, 3.8) is 0 Å². The molecular formula is C16H15F2NO2. The molecule has 0 aliphatic rings. The predicted molar refractivity (Wildman–Crippen MR) is 76.8 cm³/mol. The Labute approximate surface area is 121 Å². The average Bonchev–Trinajstić information content (AvgIpc) is 2.46. The topological polar surface area (TPSA) is 29.5 Å². The summed E-state index contributed by atoms with van der Waals surface area (Å²) in [6, 6.07) is 9.29. The van der Waals surface area contributed by atoms with Gasteiger partial charge in [0.2, 0.25) is 0 Å². The minimum absolute atomic E-state index is 0.0245. The van der Waals surface area contributed by atoms with Crippen LogP contribution in [0, 0.1) is 11.6 Å². The Hall–Kier alpha value is -2.43. The van der Waals surface area contributed by atoms with Gasteiger partial charge < -0.3 is 9.64 Å². The van der Waals surface area contributed by atoms with Gasteiger partial charge >= 0.3 is 0 Å². The highest BCUT2D eigenvalue weighted by Gasteiger charge is 2.15.